The molecule has 0 saturated heterocycles. The van der Waals surface area contributed by atoms with Crippen molar-refractivity contribution >= 4 is 0 Å². The topological polar surface area (TPSA) is 67.2 Å². The number of benzene rings is 2. The molecule has 0 amide bonds. The molecule has 0 fully saturated rings. The van der Waals surface area contributed by atoms with Crippen molar-refractivity contribution in [1.29, 1.82) is 0 Å². The minimum atomic E-state index is -0.373. The lowest BCUT2D eigenvalue weighted by Crippen LogP contribution is -2.14. The molecule has 1 aromatic heterocycles. The molecule has 3 rings (SSSR count). The first-order chi connectivity index (χ1) is 10.5. The molecule has 0 aliphatic carbocycles. The molecule has 0 aliphatic heterocycles. The van der Waals surface area contributed by atoms with Crippen LogP contribution in [0.25, 0.3) is 5.69 Å². The van der Waals surface area contributed by atoms with Crippen molar-refractivity contribution in [3.63, 3.8) is 0 Å². The lowest BCUT2D eigenvalue weighted by atomic mass is 10.2. The highest BCUT2D eigenvalue weighted by molar-refractivity contribution is 5.42. The Morgan fingerprint density at radius 2 is 1.77 bits per heavy atom. The Bertz CT molecular complexity index is 860. The number of aromatic nitrogens is 2. The number of aromatic amines is 1. The van der Waals surface area contributed by atoms with Gasteiger partial charge in [-0.05, 0) is 55.8 Å². The quantitative estimate of drug-likeness (QED) is 0.779. The van der Waals surface area contributed by atoms with Crippen LogP contribution < -0.4 is 10.4 Å². The standard InChI is InChI=1S/C17H16N2O3/c1-11-4-3-5-15(10-11)22-14-8-6-13(7-9-14)19-16(20)12(2)18-17(19)21/h3-10,20H,1-2H3,(H,18,21). The van der Waals surface area contributed by atoms with E-state index in [-0.39, 0.29) is 11.6 Å². The lowest BCUT2D eigenvalue weighted by molar-refractivity contribution is 0.436. The minimum absolute atomic E-state index is 0.0858. The van der Waals surface area contributed by atoms with E-state index in [2.05, 4.69) is 4.98 Å². The average Bonchev–Trinajstić information content (AvgIpc) is 2.73. The molecule has 3 aromatic rings. The number of nitrogens with zero attached hydrogens (tertiary/aromatic N) is 1. The normalized spacial score (nSPS) is 10.6. The van der Waals surface area contributed by atoms with Gasteiger partial charge in [-0.15, -0.1) is 0 Å². The second kappa shape index (κ2) is 5.44. The molecule has 2 N–H and O–H groups in total. The summed E-state index contributed by atoms with van der Waals surface area (Å²) in [4.78, 5) is 14.4. The minimum Gasteiger partial charge on any atom is -0.493 e. The predicted octanol–water partition coefficient (Wildman–Crippen LogP) is 3.28. The third-order valence-electron chi connectivity index (χ3n) is 3.36. The summed E-state index contributed by atoms with van der Waals surface area (Å²) in [6, 6.07) is 14.7. The molecule has 22 heavy (non-hydrogen) atoms. The maximum absolute atomic E-state index is 11.8. The first-order valence-corrected chi connectivity index (χ1v) is 6.90. The third kappa shape index (κ3) is 2.61. The highest BCUT2D eigenvalue weighted by Gasteiger charge is 2.11. The first kappa shape index (κ1) is 14.0. The Kier molecular flexibility index (Phi) is 3.47. The van der Waals surface area contributed by atoms with Crippen LogP contribution in [0.1, 0.15) is 11.3 Å². The maximum atomic E-state index is 11.8. The van der Waals surface area contributed by atoms with E-state index in [1.807, 2.05) is 31.2 Å². The lowest BCUT2D eigenvalue weighted by Gasteiger charge is -2.08. The Hall–Kier alpha value is -2.95. The van der Waals surface area contributed by atoms with Gasteiger partial charge in [-0.1, -0.05) is 12.1 Å². The number of hydrogen-bond donors (Lipinski definition) is 2. The third-order valence-corrected chi connectivity index (χ3v) is 3.36. The number of ether oxygens (including phenoxy) is 1. The summed E-state index contributed by atoms with van der Waals surface area (Å²) in [5.74, 6) is 1.33. The fraction of sp³-hybridized carbons (Fsp3) is 0.118. The summed E-state index contributed by atoms with van der Waals surface area (Å²) in [5, 5.41) is 9.91. The van der Waals surface area contributed by atoms with E-state index >= 15 is 0 Å². The van der Waals surface area contributed by atoms with Gasteiger partial charge in [-0.2, -0.15) is 0 Å². The number of H-pyrrole nitrogens is 1. The average molecular weight is 296 g/mol. The van der Waals surface area contributed by atoms with E-state index in [1.54, 1.807) is 31.2 Å². The van der Waals surface area contributed by atoms with Gasteiger partial charge in [-0.25, -0.2) is 9.36 Å². The molecule has 1 heterocycles. The van der Waals surface area contributed by atoms with Crippen LogP contribution >= 0.6 is 0 Å². The molecule has 0 aliphatic rings. The molecule has 112 valence electrons. The molecule has 0 saturated carbocycles. The van der Waals surface area contributed by atoms with E-state index in [0.717, 1.165) is 11.3 Å². The largest absolute Gasteiger partial charge is 0.493 e. The van der Waals surface area contributed by atoms with E-state index < -0.39 is 0 Å². The zero-order chi connectivity index (χ0) is 15.7. The van der Waals surface area contributed by atoms with Gasteiger partial charge in [-0.3, -0.25) is 0 Å². The fourth-order valence-electron chi connectivity index (χ4n) is 2.25. The van der Waals surface area contributed by atoms with Gasteiger partial charge in [0.15, 0.2) is 0 Å². The molecule has 0 atom stereocenters. The van der Waals surface area contributed by atoms with Gasteiger partial charge in [0.05, 0.1) is 11.4 Å². The molecule has 0 unspecified atom stereocenters. The zero-order valence-corrected chi connectivity index (χ0v) is 12.3. The maximum Gasteiger partial charge on any atom is 0.333 e. The Labute approximate surface area is 127 Å². The van der Waals surface area contributed by atoms with Crippen LogP contribution in [0.15, 0.2) is 53.3 Å². The number of rotatable bonds is 3. The van der Waals surface area contributed by atoms with Crippen molar-refractivity contribution in [2.45, 2.75) is 13.8 Å². The van der Waals surface area contributed by atoms with Crippen LogP contribution in [0.3, 0.4) is 0 Å². The smallest absolute Gasteiger partial charge is 0.333 e. The molecule has 5 heteroatoms. The van der Waals surface area contributed by atoms with Crippen LogP contribution in [0.5, 0.6) is 17.4 Å². The molecular formula is C17H16N2O3. The highest BCUT2D eigenvalue weighted by atomic mass is 16.5. The van der Waals surface area contributed by atoms with Crippen molar-refractivity contribution in [2.75, 3.05) is 0 Å². The number of hydrogen-bond acceptors (Lipinski definition) is 3. The van der Waals surface area contributed by atoms with Crippen LogP contribution in [-0.4, -0.2) is 14.7 Å². The molecule has 5 nitrogen and oxygen atoms in total. The summed E-state index contributed by atoms with van der Waals surface area (Å²) in [6.07, 6.45) is 0. The fourth-order valence-corrected chi connectivity index (χ4v) is 2.25. The Balaban J connectivity index is 1.88. The van der Waals surface area contributed by atoms with Crippen LogP contribution in [0, 0.1) is 13.8 Å². The summed E-state index contributed by atoms with van der Waals surface area (Å²) in [5.41, 5.74) is 1.75. The van der Waals surface area contributed by atoms with E-state index in [1.165, 1.54) is 4.57 Å². The van der Waals surface area contributed by atoms with Gasteiger partial charge in [0.2, 0.25) is 5.88 Å². The number of aryl methyl sites for hydroxylation is 2. The van der Waals surface area contributed by atoms with Gasteiger partial charge in [0.1, 0.15) is 11.5 Å². The Morgan fingerprint density at radius 3 is 2.36 bits per heavy atom. The Morgan fingerprint density at radius 1 is 1.05 bits per heavy atom. The van der Waals surface area contributed by atoms with Crippen molar-refractivity contribution in [2.24, 2.45) is 0 Å². The van der Waals surface area contributed by atoms with Gasteiger partial charge >= 0.3 is 5.69 Å². The van der Waals surface area contributed by atoms with E-state index in [4.69, 9.17) is 4.74 Å². The molecule has 0 spiro atoms. The first-order valence-electron chi connectivity index (χ1n) is 6.90. The molecule has 0 radical (unpaired) electrons. The highest BCUT2D eigenvalue weighted by Crippen LogP contribution is 2.24. The van der Waals surface area contributed by atoms with Gasteiger partial charge < -0.3 is 14.8 Å². The number of aromatic hydroxyl groups is 1. The van der Waals surface area contributed by atoms with Crippen LogP contribution in [0.4, 0.5) is 0 Å². The van der Waals surface area contributed by atoms with Crippen molar-refractivity contribution in [3.05, 3.63) is 70.3 Å². The van der Waals surface area contributed by atoms with Crippen LogP contribution in [0.2, 0.25) is 0 Å². The van der Waals surface area contributed by atoms with Crippen molar-refractivity contribution < 1.29 is 9.84 Å². The van der Waals surface area contributed by atoms with Crippen molar-refractivity contribution in [1.82, 2.24) is 9.55 Å². The number of imidazole rings is 1. The second-order valence-corrected chi connectivity index (χ2v) is 5.13. The molecule has 0 bridgehead atoms. The predicted molar refractivity (Wildman–Crippen MR) is 84.0 cm³/mol. The van der Waals surface area contributed by atoms with Crippen LogP contribution in [-0.2, 0) is 0 Å². The zero-order valence-electron chi connectivity index (χ0n) is 12.3. The summed E-state index contributed by atoms with van der Waals surface area (Å²) < 4.78 is 6.97. The summed E-state index contributed by atoms with van der Waals surface area (Å²) >= 11 is 0. The molecular weight excluding hydrogens is 280 g/mol. The van der Waals surface area contributed by atoms with Gasteiger partial charge in [0.25, 0.3) is 0 Å². The van der Waals surface area contributed by atoms with Crippen molar-refractivity contribution in [3.8, 4) is 23.1 Å². The SMILES string of the molecule is Cc1cccc(Oc2ccc(-n3c(O)c(C)[nH]c3=O)cc2)c1. The van der Waals surface area contributed by atoms with Gasteiger partial charge in [0, 0.05) is 0 Å². The second-order valence-electron chi connectivity index (χ2n) is 5.13. The monoisotopic (exact) mass is 296 g/mol. The number of nitrogens with one attached hydrogen (secondary N) is 1. The van der Waals surface area contributed by atoms with E-state index in [9.17, 15) is 9.90 Å². The van der Waals surface area contributed by atoms with E-state index in [0.29, 0.717) is 17.1 Å². The molecule has 2 aromatic carbocycles. The summed E-state index contributed by atoms with van der Waals surface area (Å²) in [6.45, 7) is 3.64. The summed E-state index contributed by atoms with van der Waals surface area (Å²) in [7, 11) is 0.